The fourth-order valence-electron chi connectivity index (χ4n) is 1.53. The highest BCUT2D eigenvalue weighted by atomic mass is 79.9. The van der Waals surface area contributed by atoms with Crippen molar-refractivity contribution in [2.45, 2.75) is 18.8 Å². The first-order chi connectivity index (χ1) is 6.20. The van der Waals surface area contributed by atoms with Gasteiger partial charge in [-0.2, -0.15) is 0 Å². The molecule has 0 N–H and O–H groups in total. The fraction of sp³-hybridized carbons (Fsp3) is 0.300. The summed E-state index contributed by atoms with van der Waals surface area (Å²) >= 11 is 9.33. The molecule has 0 heterocycles. The Labute approximate surface area is 90.2 Å². The zero-order chi connectivity index (χ0) is 9.42. The smallest absolute Gasteiger partial charge is 0.140 e. The van der Waals surface area contributed by atoms with Gasteiger partial charge in [-0.15, -0.1) is 0 Å². The summed E-state index contributed by atoms with van der Waals surface area (Å²) in [6, 6.07) is 5.66. The van der Waals surface area contributed by atoms with E-state index in [0.29, 0.717) is 17.2 Å². The summed E-state index contributed by atoms with van der Waals surface area (Å²) in [7, 11) is 0. The molecule has 13 heavy (non-hydrogen) atoms. The second-order valence-corrected chi connectivity index (χ2v) is 4.40. The summed E-state index contributed by atoms with van der Waals surface area (Å²) in [4.78, 5) is 11.2. The van der Waals surface area contributed by atoms with Crippen LogP contribution in [0.4, 0.5) is 0 Å². The Morgan fingerprint density at radius 3 is 2.77 bits per heavy atom. The lowest BCUT2D eigenvalue weighted by Crippen LogP contribution is -2.23. The van der Waals surface area contributed by atoms with Crippen molar-refractivity contribution in [1.82, 2.24) is 0 Å². The van der Waals surface area contributed by atoms with Crippen LogP contribution in [0, 0.1) is 0 Å². The van der Waals surface area contributed by atoms with Crippen LogP contribution in [0.1, 0.15) is 24.3 Å². The number of hydrogen-bond acceptors (Lipinski definition) is 1. The molecule has 1 fully saturated rings. The third kappa shape index (κ3) is 1.53. The minimum atomic E-state index is 0.0769. The number of hydrogen-bond donors (Lipinski definition) is 0. The number of Topliss-reactive ketones (excluding diaryl/α,β-unsaturated/α-hetero) is 1. The van der Waals surface area contributed by atoms with E-state index in [0.717, 1.165) is 16.5 Å². The van der Waals surface area contributed by atoms with Crippen LogP contribution < -0.4 is 0 Å². The fourth-order valence-corrected chi connectivity index (χ4v) is 2.25. The van der Waals surface area contributed by atoms with Crippen molar-refractivity contribution in [3.63, 3.8) is 0 Å². The van der Waals surface area contributed by atoms with E-state index >= 15 is 0 Å². The Bertz CT molecular complexity index is 362. The molecule has 0 saturated heterocycles. The molecule has 0 radical (unpaired) electrons. The van der Waals surface area contributed by atoms with Gasteiger partial charge in [0.05, 0.1) is 5.02 Å². The van der Waals surface area contributed by atoms with Crippen molar-refractivity contribution in [3.8, 4) is 0 Å². The Morgan fingerprint density at radius 1 is 1.46 bits per heavy atom. The van der Waals surface area contributed by atoms with Gasteiger partial charge in [-0.05, 0) is 34.0 Å². The zero-order valence-electron chi connectivity index (χ0n) is 6.89. The summed E-state index contributed by atoms with van der Waals surface area (Å²) in [5, 5.41) is 0.678. The summed E-state index contributed by atoms with van der Waals surface area (Å²) in [5.41, 5.74) is 1.03. The predicted octanol–water partition coefficient (Wildman–Crippen LogP) is 3.55. The molecule has 0 amide bonds. The maximum absolute atomic E-state index is 11.2. The average molecular weight is 260 g/mol. The molecule has 0 aromatic heterocycles. The summed E-state index contributed by atoms with van der Waals surface area (Å²) in [6.45, 7) is 0. The van der Waals surface area contributed by atoms with Crippen LogP contribution >= 0.6 is 27.5 Å². The lowest BCUT2D eigenvalue weighted by atomic mass is 9.79. The maximum atomic E-state index is 11.2. The maximum Gasteiger partial charge on any atom is 0.140 e. The molecule has 1 aromatic rings. The molecule has 1 nitrogen and oxygen atoms in total. The molecule has 1 aromatic carbocycles. The van der Waals surface area contributed by atoms with Crippen molar-refractivity contribution in [2.75, 3.05) is 0 Å². The Morgan fingerprint density at radius 2 is 2.23 bits per heavy atom. The standard InChI is InChI=1S/C10H8BrClO/c11-10-7(2-1-3-8(10)12)6-4-5-9(6)13/h1-3,6H,4-5H2. The van der Waals surface area contributed by atoms with Crippen molar-refractivity contribution < 1.29 is 4.79 Å². The Kier molecular flexibility index (Phi) is 2.43. The number of halogens is 2. The predicted molar refractivity (Wildman–Crippen MR) is 56.1 cm³/mol. The third-order valence-electron chi connectivity index (χ3n) is 2.42. The van der Waals surface area contributed by atoms with Crippen molar-refractivity contribution >= 4 is 33.3 Å². The molecule has 1 unspecified atom stereocenters. The molecule has 0 spiro atoms. The van der Waals surface area contributed by atoms with Gasteiger partial charge in [0.15, 0.2) is 0 Å². The van der Waals surface area contributed by atoms with Gasteiger partial charge in [0.2, 0.25) is 0 Å². The van der Waals surface area contributed by atoms with E-state index in [2.05, 4.69) is 15.9 Å². The van der Waals surface area contributed by atoms with Crippen molar-refractivity contribution in [2.24, 2.45) is 0 Å². The quantitative estimate of drug-likeness (QED) is 0.754. The topological polar surface area (TPSA) is 17.1 Å². The number of carbonyl (C=O) groups excluding carboxylic acids is 1. The van der Waals surface area contributed by atoms with Gasteiger partial charge < -0.3 is 0 Å². The van der Waals surface area contributed by atoms with E-state index in [1.54, 1.807) is 0 Å². The van der Waals surface area contributed by atoms with Crippen LogP contribution in [0.5, 0.6) is 0 Å². The van der Waals surface area contributed by atoms with E-state index in [9.17, 15) is 4.79 Å². The normalized spacial score (nSPS) is 21.4. The minimum absolute atomic E-state index is 0.0769. The van der Waals surface area contributed by atoms with Crippen LogP contribution in [0.3, 0.4) is 0 Å². The summed E-state index contributed by atoms with van der Waals surface area (Å²) < 4.78 is 0.870. The minimum Gasteiger partial charge on any atom is -0.299 e. The second-order valence-electron chi connectivity index (χ2n) is 3.20. The first kappa shape index (κ1) is 9.22. The number of rotatable bonds is 1. The van der Waals surface area contributed by atoms with E-state index in [4.69, 9.17) is 11.6 Å². The highest BCUT2D eigenvalue weighted by molar-refractivity contribution is 9.10. The number of benzene rings is 1. The van der Waals surface area contributed by atoms with Crippen LogP contribution in [0.15, 0.2) is 22.7 Å². The van der Waals surface area contributed by atoms with Gasteiger partial charge in [0.25, 0.3) is 0 Å². The molecule has 68 valence electrons. The highest BCUT2D eigenvalue weighted by Crippen LogP contribution is 2.39. The van der Waals surface area contributed by atoms with Crippen molar-refractivity contribution in [1.29, 1.82) is 0 Å². The summed E-state index contributed by atoms with van der Waals surface area (Å²) in [5.74, 6) is 0.399. The second kappa shape index (κ2) is 3.43. The Balaban J connectivity index is 2.40. The van der Waals surface area contributed by atoms with Crippen LogP contribution in [0.25, 0.3) is 0 Å². The molecular weight excluding hydrogens is 251 g/mol. The van der Waals surface area contributed by atoms with Crippen LogP contribution in [-0.4, -0.2) is 5.78 Å². The Hall–Kier alpha value is -0.340. The molecule has 0 bridgehead atoms. The molecule has 1 aliphatic rings. The first-order valence-corrected chi connectivity index (χ1v) is 5.34. The molecular formula is C10H8BrClO. The van der Waals surface area contributed by atoms with Crippen LogP contribution in [0.2, 0.25) is 5.02 Å². The van der Waals surface area contributed by atoms with Gasteiger partial charge in [-0.1, -0.05) is 23.7 Å². The molecule has 1 atom stereocenters. The van der Waals surface area contributed by atoms with Crippen molar-refractivity contribution in [3.05, 3.63) is 33.3 Å². The number of carbonyl (C=O) groups is 1. The SMILES string of the molecule is O=C1CCC1c1cccc(Cl)c1Br. The number of ketones is 1. The third-order valence-corrected chi connectivity index (χ3v) is 3.85. The molecule has 0 aliphatic heterocycles. The molecule has 1 aliphatic carbocycles. The van der Waals surface area contributed by atoms with Gasteiger partial charge in [-0.25, -0.2) is 0 Å². The van der Waals surface area contributed by atoms with Gasteiger partial charge >= 0.3 is 0 Å². The molecule has 1 saturated carbocycles. The lowest BCUT2D eigenvalue weighted by Gasteiger charge is -2.25. The van der Waals surface area contributed by atoms with Gasteiger partial charge in [0, 0.05) is 16.8 Å². The summed E-state index contributed by atoms with van der Waals surface area (Å²) in [6.07, 6.45) is 1.67. The van der Waals surface area contributed by atoms with E-state index in [-0.39, 0.29) is 5.92 Å². The van der Waals surface area contributed by atoms with Crippen LogP contribution in [-0.2, 0) is 4.79 Å². The van der Waals surface area contributed by atoms with E-state index in [1.807, 2.05) is 18.2 Å². The van der Waals surface area contributed by atoms with Gasteiger partial charge in [0.1, 0.15) is 5.78 Å². The molecule has 2 rings (SSSR count). The highest BCUT2D eigenvalue weighted by Gasteiger charge is 2.31. The zero-order valence-corrected chi connectivity index (χ0v) is 9.23. The largest absolute Gasteiger partial charge is 0.299 e. The lowest BCUT2D eigenvalue weighted by molar-refractivity contribution is -0.125. The van der Waals surface area contributed by atoms with E-state index in [1.165, 1.54) is 0 Å². The molecule has 3 heteroatoms. The van der Waals surface area contributed by atoms with Gasteiger partial charge in [-0.3, -0.25) is 4.79 Å². The monoisotopic (exact) mass is 258 g/mol. The van der Waals surface area contributed by atoms with E-state index < -0.39 is 0 Å². The first-order valence-electron chi connectivity index (χ1n) is 4.17. The average Bonchev–Trinajstić information content (AvgIpc) is 2.10.